The van der Waals surface area contributed by atoms with Crippen LogP contribution in [0, 0.1) is 0 Å². The zero-order valence-corrected chi connectivity index (χ0v) is 12.0. The first-order valence-corrected chi connectivity index (χ1v) is 7.22. The summed E-state index contributed by atoms with van der Waals surface area (Å²) in [6.07, 6.45) is 0.165. The Morgan fingerprint density at radius 1 is 1.47 bits per heavy atom. The highest BCUT2D eigenvalue weighted by atomic mass is 32.1. The maximum absolute atomic E-state index is 10.8. The fourth-order valence-electron chi connectivity index (χ4n) is 2.12. The van der Waals surface area contributed by atoms with Gasteiger partial charge in [0, 0.05) is 6.04 Å². The number of fused-ring (bicyclic) bond motifs is 1. The van der Waals surface area contributed by atoms with E-state index >= 15 is 0 Å². The second kappa shape index (κ2) is 6.12. The van der Waals surface area contributed by atoms with E-state index in [1.807, 2.05) is 32.0 Å². The fourth-order valence-corrected chi connectivity index (χ4v) is 3.12. The van der Waals surface area contributed by atoms with Gasteiger partial charge in [0.1, 0.15) is 5.01 Å². The Hall–Kier alpha value is -1.46. The number of thiazole rings is 1. The molecule has 0 amide bonds. The summed E-state index contributed by atoms with van der Waals surface area (Å²) < 4.78 is 1.18. The molecular weight excluding hydrogens is 260 g/mol. The smallest absolute Gasteiger partial charge is 0.304 e. The Kier molecular flexibility index (Phi) is 4.50. The second-order valence-electron chi connectivity index (χ2n) is 4.59. The van der Waals surface area contributed by atoms with Gasteiger partial charge < -0.3 is 5.11 Å². The minimum Gasteiger partial charge on any atom is -0.481 e. The van der Waals surface area contributed by atoms with Gasteiger partial charge in [-0.1, -0.05) is 19.1 Å². The summed E-state index contributed by atoms with van der Waals surface area (Å²) in [5.41, 5.74) is 1.02. The summed E-state index contributed by atoms with van der Waals surface area (Å²) in [4.78, 5) is 17.5. The van der Waals surface area contributed by atoms with Crippen molar-refractivity contribution in [3.63, 3.8) is 0 Å². The van der Waals surface area contributed by atoms with E-state index in [2.05, 4.69) is 16.0 Å². The third kappa shape index (κ3) is 3.52. The van der Waals surface area contributed by atoms with Crippen molar-refractivity contribution >= 4 is 27.5 Å². The number of carboxylic acids is 1. The van der Waals surface area contributed by atoms with Gasteiger partial charge in [-0.05, 0) is 25.6 Å². The van der Waals surface area contributed by atoms with Gasteiger partial charge in [-0.2, -0.15) is 0 Å². The van der Waals surface area contributed by atoms with Crippen LogP contribution in [0.4, 0.5) is 0 Å². The van der Waals surface area contributed by atoms with Crippen LogP contribution in [0.1, 0.15) is 25.3 Å². The molecule has 102 valence electrons. The van der Waals surface area contributed by atoms with Gasteiger partial charge in [0.2, 0.25) is 0 Å². The second-order valence-corrected chi connectivity index (χ2v) is 5.70. The Balaban J connectivity index is 2.11. The van der Waals surface area contributed by atoms with E-state index in [0.717, 1.165) is 17.1 Å². The zero-order chi connectivity index (χ0) is 13.8. The van der Waals surface area contributed by atoms with Gasteiger partial charge in [-0.25, -0.2) is 4.98 Å². The van der Waals surface area contributed by atoms with E-state index in [0.29, 0.717) is 6.54 Å². The number of hydrogen-bond acceptors (Lipinski definition) is 4. The van der Waals surface area contributed by atoms with Crippen LogP contribution < -0.4 is 0 Å². The molecule has 4 nitrogen and oxygen atoms in total. The molecule has 1 aromatic heterocycles. The van der Waals surface area contributed by atoms with Crippen LogP contribution in [0.25, 0.3) is 10.2 Å². The average Bonchev–Trinajstić information content (AvgIpc) is 2.77. The third-order valence-corrected chi connectivity index (χ3v) is 4.20. The molecule has 19 heavy (non-hydrogen) atoms. The molecular formula is C14H18N2O2S. The molecule has 0 saturated heterocycles. The van der Waals surface area contributed by atoms with Gasteiger partial charge in [0.25, 0.3) is 0 Å². The van der Waals surface area contributed by atoms with Gasteiger partial charge in [-0.15, -0.1) is 11.3 Å². The van der Waals surface area contributed by atoms with Crippen LogP contribution in [0.3, 0.4) is 0 Å². The van der Waals surface area contributed by atoms with Crippen molar-refractivity contribution in [1.82, 2.24) is 9.88 Å². The van der Waals surface area contributed by atoms with Crippen molar-refractivity contribution in [3.8, 4) is 0 Å². The molecule has 1 heterocycles. The summed E-state index contributed by atoms with van der Waals surface area (Å²) in [7, 11) is 0. The van der Waals surface area contributed by atoms with Crippen LogP contribution >= 0.6 is 11.3 Å². The molecule has 0 aliphatic rings. The summed E-state index contributed by atoms with van der Waals surface area (Å²) in [6, 6.07) is 8.08. The van der Waals surface area contributed by atoms with Crippen molar-refractivity contribution in [2.45, 2.75) is 32.9 Å². The summed E-state index contributed by atoms with van der Waals surface area (Å²) in [5, 5.41) is 9.91. The van der Waals surface area contributed by atoms with Crippen LogP contribution in [-0.4, -0.2) is 33.5 Å². The molecule has 1 unspecified atom stereocenters. The standard InChI is InChI=1S/C14H18N2O2S/c1-3-16(10(2)8-14(17)18)9-13-15-11-6-4-5-7-12(11)19-13/h4-7,10H,3,8-9H2,1-2H3,(H,17,18). The molecule has 0 saturated carbocycles. The van der Waals surface area contributed by atoms with Crippen molar-refractivity contribution < 1.29 is 9.90 Å². The number of para-hydroxylation sites is 1. The van der Waals surface area contributed by atoms with E-state index in [1.54, 1.807) is 11.3 Å². The summed E-state index contributed by atoms with van der Waals surface area (Å²) in [5.74, 6) is -0.754. The zero-order valence-electron chi connectivity index (χ0n) is 11.2. The number of hydrogen-bond donors (Lipinski definition) is 1. The number of benzene rings is 1. The first-order valence-electron chi connectivity index (χ1n) is 6.40. The third-order valence-electron chi connectivity index (χ3n) is 3.18. The van der Waals surface area contributed by atoms with Crippen LogP contribution in [-0.2, 0) is 11.3 Å². The molecule has 1 N–H and O–H groups in total. The highest BCUT2D eigenvalue weighted by molar-refractivity contribution is 7.18. The molecule has 1 aromatic carbocycles. The van der Waals surface area contributed by atoms with E-state index in [-0.39, 0.29) is 12.5 Å². The number of nitrogens with zero attached hydrogens (tertiary/aromatic N) is 2. The van der Waals surface area contributed by atoms with E-state index in [1.165, 1.54) is 4.70 Å². The average molecular weight is 278 g/mol. The van der Waals surface area contributed by atoms with Gasteiger partial charge in [0.15, 0.2) is 0 Å². The summed E-state index contributed by atoms with van der Waals surface area (Å²) in [6.45, 7) is 5.53. The Bertz CT molecular complexity index is 534. The molecule has 0 aliphatic heterocycles. The Labute approximate surface area is 116 Å². The molecule has 2 aromatic rings. The molecule has 1 atom stereocenters. The minimum atomic E-state index is -0.754. The highest BCUT2D eigenvalue weighted by Gasteiger charge is 2.17. The predicted molar refractivity (Wildman–Crippen MR) is 77.4 cm³/mol. The largest absolute Gasteiger partial charge is 0.481 e. The Morgan fingerprint density at radius 2 is 2.21 bits per heavy atom. The lowest BCUT2D eigenvalue weighted by Gasteiger charge is -2.25. The SMILES string of the molecule is CCN(Cc1nc2ccccc2s1)C(C)CC(=O)O. The van der Waals surface area contributed by atoms with Crippen molar-refractivity contribution in [1.29, 1.82) is 0 Å². The van der Waals surface area contributed by atoms with Crippen molar-refractivity contribution in [3.05, 3.63) is 29.3 Å². The quantitative estimate of drug-likeness (QED) is 0.882. The van der Waals surface area contributed by atoms with Crippen molar-refractivity contribution in [2.24, 2.45) is 0 Å². The monoisotopic (exact) mass is 278 g/mol. The normalized spacial score (nSPS) is 13.0. The fraction of sp³-hybridized carbons (Fsp3) is 0.429. The molecule has 0 spiro atoms. The number of carbonyl (C=O) groups is 1. The lowest BCUT2D eigenvalue weighted by molar-refractivity contribution is -0.138. The van der Waals surface area contributed by atoms with Crippen LogP contribution in [0.5, 0.6) is 0 Å². The predicted octanol–water partition coefficient (Wildman–Crippen LogP) is 2.98. The summed E-state index contributed by atoms with van der Waals surface area (Å²) >= 11 is 1.68. The van der Waals surface area contributed by atoms with Crippen LogP contribution in [0.15, 0.2) is 24.3 Å². The lowest BCUT2D eigenvalue weighted by Crippen LogP contribution is -2.34. The van der Waals surface area contributed by atoms with Gasteiger partial charge in [-0.3, -0.25) is 9.69 Å². The van der Waals surface area contributed by atoms with Gasteiger partial charge >= 0.3 is 5.97 Å². The maximum Gasteiger partial charge on any atom is 0.304 e. The first-order chi connectivity index (χ1) is 9.10. The van der Waals surface area contributed by atoms with Gasteiger partial charge in [0.05, 0.1) is 23.2 Å². The maximum atomic E-state index is 10.8. The first kappa shape index (κ1) is 14.0. The van der Waals surface area contributed by atoms with E-state index in [4.69, 9.17) is 5.11 Å². The molecule has 2 rings (SSSR count). The molecule has 5 heteroatoms. The topological polar surface area (TPSA) is 53.4 Å². The molecule has 0 bridgehead atoms. The number of aliphatic carboxylic acids is 1. The van der Waals surface area contributed by atoms with E-state index < -0.39 is 5.97 Å². The Morgan fingerprint density at radius 3 is 2.84 bits per heavy atom. The lowest BCUT2D eigenvalue weighted by atomic mass is 10.2. The highest BCUT2D eigenvalue weighted by Crippen LogP contribution is 2.23. The minimum absolute atomic E-state index is 0.0227. The van der Waals surface area contributed by atoms with Crippen molar-refractivity contribution in [2.75, 3.05) is 6.54 Å². The molecule has 0 aliphatic carbocycles. The van der Waals surface area contributed by atoms with Crippen LogP contribution in [0.2, 0.25) is 0 Å². The molecule has 0 fully saturated rings. The molecule has 0 radical (unpaired) electrons. The number of rotatable bonds is 6. The number of carboxylic acid groups (broad SMARTS) is 1. The number of aromatic nitrogens is 1. The van der Waals surface area contributed by atoms with E-state index in [9.17, 15) is 4.79 Å².